The molecule has 1 heterocycles. The number of aliphatic carboxylic acids is 1. The number of carboxylic acid groups (broad SMARTS) is 1. The molecule has 1 aromatic carbocycles. The van der Waals surface area contributed by atoms with Crippen molar-refractivity contribution in [2.24, 2.45) is 16.4 Å². The van der Waals surface area contributed by atoms with Crippen molar-refractivity contribution < 1.29 is 24.4 Å². The van der Waals surface area contributed by atoms with Crippen molar-refractivity contribution >= 4 is 23.3 Å². The first kappa shape index (κ1) is 19.4. The normalized spacial score (nSPS) is 25.2. The van der Waals surface area contributed by atoms with Gasteiger partial charge in [0.05, 0.1) is 24.0 Å². The molecule has 0 spiro atoms. The van der Waals surface area contributed by atoms with Gasteiger partial charge in [-0.15, -0.1) is 0 Å². The molecule has 140 valence electrons. The Hall–Kier alpha value is -2.97. The van der Waals surface area contributed by atoms with Crippen LogP contribution in [0.25, 0.3) is 0 Å². The smallest absolute Gasteiger partial charge is 0.354 e. The molecule has 0 aromatic heterocycles. The van der Waals surface area contributed by atoms with Gasteiger partial charge in [-0.05, 0) is 18.4 Å². The Balaban J connectivity index is 2.80. The quantitative estimate of drug-likeness (QED) is 0.464. The predicted molar refractivity (Wildman–Crippen MR) is 92.8 cm³/mol. The van der Waals surface area contributed by atoms with E-state index in [4.69, 9.17) is 4.74 Å². The summed E-state index contributed by atoms with van der Waals surface area (Å²) < 4.78 is 4.77. The lowest BCUT2D eigenvalue weighted by Gasteiger charge is -2.47. The molecule has 9 heteroatoms. The van der Waals surface area contributed by atoms with Gasteiger partial charge in [-0.2, -0.15) is 5.10 Å². The summed E-state index contributed by atoms with van der Waals surface area (Å²) in [6.45, 7) is 5.13. The van der Waals surface area contributed by atoms with Crippen molar-refractivity contribution in [3.63, 3.8) is 0 Å². The van der Waals surface area contributed by atoms with Crippen molar-refractivity contribution in [2.75, 3.05) is 7.11 Å². The molecule has 0 aliphatic carbocycles. The predicted octanol–water partition coefficient (Wildman–Crippen LogP) is 1.93. The van der Waals surface area contributed by atoms with Gasteiger partial charge in [-0.1, -0.05) is 26.0 Å². The fourth-order valence-corrected chi connectivity index (χ4v) is 3.72. The van der Waals surface area contributed by atoms with Crippen LogP contribution >= 0.6 is 0 Å². The third-order valence-electron chi connectivity index (χ3n) is 4.98. The molecule has 9 nitrogen and oxygen atoms in total. The lowest BCUT2D eigenvalue weighted by atomic mass is 9.59. The molecule has 0 saturated heterocycles. The summed E-state index contributed by atoms with van der Waals surface area (Å²) in [6.07, 6.45) is 0. The van der Waals surface area contributed by atoms with E-state index in [1.807, 2.05) is 0 Å². The molecule has 1 aliphatic rings. The van der Waals surface area contributed by atoms with E-state index in [0.29, 0.717) is 5.56 Å². The molecule has 2 N–H and O–H groups in total. The summed E-state index contributed by atoms with van der Waals surface area (Å²) >= 11 is 0. The Morgan fingerprint density at radius 2 is 2.08 bits per heavy atom. The first-order valence-electron chi connectivity index (χ1n) is 8.07. The lowest BCUT2D eigenvalue weighted by molar-refractivity contribution is -0.384. The Labute approximate surface area is 150 Å². The Kier molecular flexibility index (Phi) is 5.29. The molecule has 3 unspecified atom stereocenters. The summed E-state index contributed by atoms with van der Waals surface area (Å²) in [5, 5.41) is 25.3. The minimum atomic E-state index is -1.46. The maximum Gasteiger partial charge on any atom is 0.354 e. The second-order valence-electron chi connectivity index (χ2n) is 6.52. The highest BCUT2D eigenvalue weighted by Gasteiger charge is 2.58. The topological polar surface area (TPSA) is 131 Å². The zero-order valence-corrected chi connectivity index (χ0v) is 14.9. The van der Waals surface area contributed by atoms with Crippen LogP contribution in [0.5, 0.6) is 0 Å². The molecule has 0 radical (unpaired) electrons. The first-order valence-corrected chi connectivity index (χ1v) is 8.07. The van der Waals surface area contributed by atoms with Gasteiger partial charge in [0.25, 0.3) is 5.69 Å². The molecule has 2 rings (SSSR count). The number of carbonyl (C=O) groups excluding carboxylic acids is 1. The molecular weight excluding hydrogens is 342 g/mol. The standard InChI is InChI=1S/C17H21N3O6/c1-9(2)17(16(22)23)10(3)18-19-14(15(21)26-4)13(17)11-6-5-7-12(8-11)20(24)25/h5-10,13,18H,1-4H3,(H,22,23). The first-order chi connectivity index (χ1) is 12.2. The van der Waals surface area contributed by atoms with Crippen LogP contribution in [0, 0.1) is 21.4 Å². The van der Waals surface area contributed by atoms with Crippen LogP contribution in [-0.2, 0) is 14.3 Å². The molecule has 1 aliphatic heterocycles. The summed E-state index contributed by atoms with van der Waals surface area (Å²) in [5.74, 6) is -3.34. The highest BCUT2D eigenvalue weighted by Crippen LogP contribution is 2.48. The second kappa shape index (κ2) is 7.11. The molecule has 26 heavy (non-hydrogen) atoms. The van der Waals surface area contributed by atoms with E-state index < -0.39 is 40.2 Å². The van der Waals surface area contributed by atoms with Gasteiger partial charge in [0.1, 0.15) is 5.41 Å². The average molecular weight is 363 g/mol. The number of non-ortho nitro benzene ring substituents is 1. The number of hydrogen-bond donors (Lipinski definition) is 2. The number of nitro benzene ring substituents is 1. The average Bonchev–Trinajstić information content (AvgIpc) is 2.60. The van der Waals surface area contributed by atoms with Crippen LogP contribution in [0.1, 0.15) is 32.3 Å². The fourth-order valence-electron chi connectivity index (χ4n) is 3.72. The van der Waals surface area contributed by atoms with E-state index in [2.05, 4.69) is 10.5 Å². The molecule has 1 aromatic rings. The molecule has 0 amide bonds. The Bertz CT molecular complexity index is 776. The SMILES string of the molecule is COC(=O)C1=NNC(C)C(C(=O)O)(C(C)C)C1c1cccc([N+](=O)[O-])c1. The molecule has 0 bridgehead atoms. The van der Waals surface area contributed by atoms with E-state index in [0.717, 1.165) is 0 Å². The number of nitrogens with one attached hydrogen (secondary N) is 1. The largest absolute Gasteiger partial charge is 0.481 e. The molecule has 3 atom stereocenters. The van der Waals surface area contributed by atoms with Crippen LogP contribution in [0.2, 0.25) is 0 Å². The van der Waals surface area contributed by atoms with Gasteiger partial charge in [-0.25, -0.2) is 4.79 Å². The number of hydrogen-bond acceptors (Lipinski definition) is 7. The third-order valence-corrected chi connectivity index (χ3v) is 4.98. The number of carbonyl (C=O) groups is 2. The highest BCUT2D eigenvalue weighted by molar-refractivity contribution is 6.39. The number of ether oxygens (including phenoxy) is 1. The number of carboxylic acids is 1. The monoisotopic (exact) mass is 363 g/mol. The van der Waals surface area contributed by atoms with Crippen molar-refractivity contribution in [3.05, 3.63) is 39.9 Å². The van der Waals surface area contributed by atoms with Crippen molar-refractivity contribution in [3.8, 4) is 0 Å². The van der Waals surface area contributed by atoms with Crippen molar-refractivity contribution in [2.45, 2.75) is 32.7 Å². The maximum atomic E-state index is 12.4. The highest BCUT2D eigenvalue weighted by atomic mass is 16.6. The van der Waals surface area contributed by atoms with Crippen molar-refractivity contribution in [1.82, 2.24) is 5.43 Å². The van der Waals surface area contributed by atoms with Gasteiger partial charge >= 0.3 is 11.9 Å². The summed E-state index contributed by atoms with van der Waals surface area (Å²) in [7, 11) is 1.17. The van der Waals surface area contributed by atoms with E-state index in [1.165, 1.54) is 25.3 Å². The maximum absolute atomic E-state index is 12.4. The number of hydrazone groups is 1. The molecular formula is C17H21N3O6. The minimum absolute atomic E-state index is 0.123. The Morgan fingerprint density at radius 1 is 1.42 bits per heavy atom. The zero-order valence-electron chi connectivity index (χ0n) is 14.9. The van der Waals surface area contributed by atoms with Gasteiger partial charge in [-0.3, -0.25) is 14.9 Å². The van der Waals surface area contributed by atoms with Gasteiger partial charge in [0.15, 0.2) is 5.71 Å². The number of benzene rings is 1. The van der Waals surface area contributed by atoms with Crippen LogP contribution in [0.15, 0.2) is 29.4 Å². The number of methoxy groups -OCH3 is 1. The summed E-state index contributed by atoms with van der Waals surface area (Å²) in [4.78, 5) is 35.3. The van der Waals surface area contributed by atoms with E-state index in [1.54, 1.807) is 26.8 Å². The van der Waals surface area contributed by atoms with Gasteiger partial charge in [0.2, 0.25) is 0 Å². The van der Waals surface area contributed by atoms with E-state index in [-0.39, 0.29) is 11.4 Å². The lowest BCUT2D eigenvalue weighted by Crippen LogP contribution is -2.60. The number of nitro groups is 1. The zero-order chi connectivity index (χ0) is 19.6. The number of esters is 1. The third kappa shape index (κ3) is 2.89. The second-order valence-corrected chi connectivity index (χ2v) is 6.52. The summed E-state index contributed by atoms with van der Waals surface area (Å²) in [6, 6.07) is 4.98. The molecule has 0 saturated carbocycles. The van der Waals surface area contributed by atoms with Crippen LogP contribution in [-0.4, -0.2) is 40.8 Å². The molecule has 0 fully saturated rings. The van der Waals surface area contributed by atoms with E-state index >= 15 is 0 Å². The summed E-state index contributed by atoms with van der Waals surface area (Å²) in [5.41, 5.74) is 1.26. The van der Waals surface area contributed by atoms with Gasteiger partial charge in [0, 0.05) is 12.1 Å². The minimum Gasteiger partial charge on any atom is -0.481 e. The Morgan fingerprint density at radius 3 is 2.58 bits per heavy atom. The number of rotatable bonds is 5. The van der Waals surface area contributed by atoms with Crippen LogP contribution in [0.3, 0.4) is 0 Å². The van der Waals surface area contributed by atoms with Crippen LogP contribution in [0.4, 0.5) is 5.69 Å². The van der Waals surface area contributed by atoms with Crippen LogP contribution < -0.4 is 5.43 Å². The van der Waals surface area contributed by atoms with Gasteiger partial charge < -0.3 is 15.3 Å². The number of nitrogens with zero attached hydrogens (tertiary/aromatic N) is 2. The van der Waals surface area contributed by atoms with Crippen molar-refractivity contribution in [1.29, 1.82) is 0 Å². The van der Waals surface area contributed by atoms with E-state index in [9.17, 15) is 24.8 Å². The fraction of sp³-hybridized carbons (Fsp3) is 0.471.